The molecular formula is C14H24N4O2S. The molecule has 1 atom stereocenters. The summed E-state index contributed by atoms with van der Waals surface area (Å²) >= 11 is 0. The fourth-order valence-electron chi connectivity index (χ4n) is 2.84. The minimum atomic E-state index is -3.39. The van der Waals surface area contributed by atoms with Crippen molar-refractivity contribution in [2.24, 2.45) is 0 Å². The lowest BCUT2D eigenvalue weighted by molar-refractivity contribution is 0.338. The van der Waals surface area contributed by atoms with Gasteiger partial charge in [-0.2, -0.15) is 17.0 Å². The van der Waals surface area contributed by atoms with Gasteiger partial charge in [-0.15, -0.1) is 0 Å². The molecule has 0 aromatic carbocycles. The van der Waals surface area contributed by atoms with Gasteiger partial charge in [0.2, 0.25) is 0 Å². The first kappa shape index (κ1) is 16.2. The Bertz CT molecular complexity index is 572. The SMILES string of the molecule is CCN(CC)S(=O)(=O)N1CCC[C@@H]1c1ccnc(NC)c1. The summed E-state index contributed by atoms with van der Waals surface area (Å²) < 4.78 is 28.7. The van der Waals surface area contributed by atoms with Crippen molar-refractivity contribution in [1.29, 1.82) is 0 Å². The Morgan fingerprint density at radius 1 is 1.43 bits per heavy atom. The van der Waals surface area contributed by atoms with E-state index in [2.05, 4.69) is 10.3 Å². The van der Waals surface area contributed by atoms with Gasteiger partial charge in [-0.1, -0.05) is 13.8 Å². The molecule has 2 rings (SSSR count). The van der Waals surface area contributed by atoms with Gasteiger partial charge in [0.15, 0.2) is 0 Å². The standard InChI is InChI=1S/C14H24N4O2S/c1-4-17(5-2)21(19,20)18-10-6-7-13(18)12-8-9-16-14(11-12)15-3/h8-9,11,13H,4-7,10H2,1-3H3,(H,15,16)/t13-/m1/s1. The fraction of sp³-hybridized carbons (Fsp3) is 0.643. The first-order chi connectivity index (χ1) is 10.0. The zero-order chi connectivity index (χ0) is 15.5. The summed E-state index contributed by atoms with van der Waals surface area (Å²) in [6.45, 7) is 5.33. The molecule has 0 amide bonds. The zero-order valence-corrected chi connectivity index (χ0v) is 13.7. The number of anilines is 1. The van der Waals surface area contributed by atoms with E-state index in [4.69, 9.17) is 0 Å². The third-order valence-corrected chi connectivity index (χ3v) is 6.16. The van der Waals surface area contributed by atoms with E-state index in [1.807, 2.05) is 33.0 Å². The maximum Gasteiger partial charge on any atom is 0.282 e. The highest BCUT2D eigenvalue weighted by Crippen LogP contribution is 2.35. The highest BCUT2D eigenvalue weighted by Gasteiger charge is 2.37. The van der Waals surface area contributed by atoms with Crippen LogP contribution in [0, 0.1) is 0 Å². The van der Waals surface area contributed by atoms with Gasteiger partial charge in [-0.05, 0) is 30.5 Å². The molecule has 1 N–H and O–H groups in total. The minimum Gasteiger partial charge on any atom is -0.373 e. The summed E-state index contributed by atoms with van der Waals surface area (Å²) in [6, 6.07) is 3.74. The van der Waals surface area contributed by atoms with Gasteiger partial charge >= 0.3 is 0 Å². The van der Waals surface area contributed by atoms with Crippen LogP contribution in [0.2, 0.25) is 0 Å². The molecule has 2 heterocycles. The quantitative estimate of drug-likeness (QED) is 0.870. The lowest BCUT2D eigenvalue weighted by Gasteiger charge is -2.30. The molecule has 21 heavy (non-hydrogen) atoms. The molecule has 1 fully saturated rings. The Morgan fingerprint density at radius 3 is 2.76 bits per heavy atom. The molecule has 0 saturated carbocycles. The minimum absolute atomic E-state index is 0.0919. The Kier molecular flexibility index (Phi) is 5.18. The molecule has 0 unspecified atom stereocenters. The van der Waals surface area contributed by atoms with Gasteiger partial charge in [0.05, 0.1) is 6.04 Å². The van der Waals surface area contributed by atoms with Crippen molar-refractivity contribution < 1.29 is 8.42 Å². The summed E-state index contributed by atoms with van der Waals surface area (Å²) in [7, 11) is -1.58. The normalized spacial score (nSPS) is 20.1. The second kappa shape index (κ2) is 6.72. The van der Waals surface area contributed by atoms with E-state index in [1.165, 1.54) is 4.31 Å². The second-order valence-corrected chi connectivity index (χ2v) is 6.97. The third kappa shape index (κ3) is 3.20. The molecule has 1 saturated heterocycles. The molecule has 1 aliphatic heterocycles. The van der Waals surface area contributed by atoms with E-state index in [1.54, 1.807) is 10.5 Å². The van der Waals surface area contributed by atoms with Crippen LogP contribution in [0.3, 0.4) is 0 Å². The van der Waals surface area contributed by atoms with Crippen molar-refractivity contribution in [1.82, 2.24) is 13.6 Å². The maximum atomic E-state index is 12.8. The predicted octanol–water partition coefficient (Wildman–Crippen LogP) is 1.85. The molecule has 1 aliphatic rings. The van der Waals surface area contributed by atoms with Crippen LogP contribution in [0.4, 0.5) is 5.82 Å². The van der Waals surface area contributed by atoms with Gasteiger partial charge in [0.1, 0.15) is 5.82 Å². The fourth-order valence-corrected chi connectivity index (χ4v) is 4.70. The molecule has 7 heteroatoms. The van der Waals surface area contributed by atoms with Gasteiger partial charge in [-0.25, -0.2) is 4.98 Å². The van der Waals surface area contributed by atoms with E-state index in [0.717, 1.165) is 24.2 Å². The topological polar surface area (TPSA) is 65.5 Å². The number of hydrogen-bond acceptors (Lipinski definition) is 4. The number of aromatic nitrogens is 1. The lowest BCUT2D eigenvalue weighted by Crippen LogP contribution is -2.43. The Labute approximate surface area is 127 Å². The van der Waals surface area contributed by atoms with E-state index < -0.39 is 10.2 Å². The summed E-state index contributed by atoms with van der Waals surface area (Å²) in [5.74, 6) is 0.764. The average Bonchev–Trinajstić information content (AvgIpc) is 2.98. The zero-order valence-electron chi connectivity index (χ0n) is 12.9. The van der Waals surface area contributed by atoms with Gasteiger partial charge in [0.25, 0.3) is 10.2 Å². The first-order valence-corrected chi connectivity index (χ1v) is 8.84. The smallest absolute Gasteiger partial charge is 0.282 e. The van der Waals surface area contributed by atoms with E-state index >= 15 is 0 Å². The largest absolute Gasteiger partial charge is 0.373 e. The van der Waals surface area contributed by atoms with E-state index in [0.29, 0.717) is 19.6 Å². The van der Waals surface area contributed by atoms with Crippen LogP contribution in [0.1, 0.15) is 38.3 Å². The predicted molar refractivity (Wildman–Crippen MR) is 84.3 cm³/mol. The van der Waals surface area contributed by atoms with Crippen molar-refractivity contribution in [3.63, 3.8) is 0 Å². The monoisotopic (exact) mass is 312 g/mol. The van der Waals surface area contributed by atoms with Crippen molar-refractivity contribution in [2.75, 3.05) is 32.0 Å². The molecule has 1 aromatic rings. The molecule has 6 nitrogen and oxygen atoms in total. The molecular weight excluding hydrogens is 288 g/mol. The van der Waals surface area contributed by atoms with Crippen molar-refractivity contribution in [2.45, 2.75) is 32.7 Å². The number of nitrogens with one attached hydrogen (secondary N) is 1. The molecule has 1 aromatic heterocycles. The lowest BCUT2D eigenvalue weighted by atomic mass is 10.1. The molecule has 0 spiro atoms. The van der Waals surface area contributed by atoms with Crippen LogP contribution in [-0.4, -0.2) is 48.7 Å². The maximum absolute atomic E-state index is 12.8. The number of nitrogens with zero attached hydrogens (tertiary/aromatic N) is 3. The Balaban J connectivity index is 2.32. The van der Waals surface area contributed by atoms with Crippen molar-refractivity contribution in [3.8, 4) is 0 Å². The molecule has 0 aliphatic carbocycles. The van der Waals surface area contributed by atoms with Crippen LogP contribution in [0.5, 0.6) is 0 Å². The van der Waals surface area contributed by atoms with Crippen LogP contribution < -0.4 is 5.32 Å². The van der Waals surface area contributed by atoms with Crippen LogP contribution >= 0.6 is 0 Å². The number of hydrogen-bond donors (Lipinski definition) is 1. The summed E-state index contributed by atoms with van der Waals surface area (Å²) in [6.07, 6.45) is 3.47. The third-order valence-electron chi connectivity index (χ3n) is 3.96. The van der Waals surface area contributed by atoms with Crippen molar-refractivity contribution in [3.05, 3.63) is 23.9 Å². The molecule has 0 radical (unpaired) electrons. The van der Waals surface area contributed by atoms with Crippen LogP contribution in [0.25, 0.3) is 0 Å². The van der Waals surface area contributed by atoms with Crippen molar-refractivity contribution >= 4 is 16.0 Å². The van der Waals surface area contributed by atoms with E-state index in [9.17, 15) is 8.42 Å². The Hall–Kier alpha value is -1.18. The number of pyridine rings is 1. The highest BCUT2D eigenvalue weighted by atomic mass is 32.2. The molecule has 118 valence electrons. The summed E-state index contributed by atoms with van der Waals surface area (Å²) in [5, 5.41) is 3.00. The number of rotatable bonds is 6. The van der Waals surface area contributed by atoms with E-state index in [-0.39, 0.29) is 6.04 Å². The highest BCUT2D eigenvalue weighted by molar-refractivity contribution is 7.86. The summed E-state index contributed by atoms with van der Waals surface area (Å²) in [4.78, 5) is 4.19. The van der Waals surface area contributed by atoms with Gasteiger partial charge < -0.3 is 5.32 Å². The Morgan fingerprint density at radius 2 is 2.14 bits per heavy atom. The average molecular weight is 312 g/mol. The first-order valence-electron chi connectivity index (χ1n) is 7.45. The molecule has 0 bridgehead atoms. The second-order valence-electron chi connectivity index (χ2n) is 5.09. The van der Waals surface area contributed by atoms with Crippen LogP contribution in [-0.2, 0) is 10.2 Å². The van der Waals surface area contributed by atoms with Crippen LogP contribution in [0.15, 0.2) is 18.3 Å². The van der Waals surface area contributed by atoms with Gasteiger partial charge in [0, 0.05) is 32.9 Å². The summed E-state index contributed by atoms with van der Waals surface area (Å²) in [5.41, 5.74) is 1.00. The van der Waals surface area contributed by atoms with Gasteiger partial charge in [-0.3, -0.25) is 0 Å².